The SMILES string of the molecule is COc1ncccc1-c1ccc(O)c(-c2nc3ccc(C(=O)N(C)Cc4nncn4C)cc3[nH]2)c1. The third-order valence-electron chi connectivity index (χ3n) is 5.79. The lowest BCUT2D eigenvalue weighted by Gasteiger charge is -2.16. The quantitative estimate of drug-likeness (QED) is 0.391. The summed E-state index contributed by atoms with van der Waals surface area (Å²) >= 11 is 0. The number of amides is 1. The molecule has 176 valence electrons. The third-order valence-corrected chi connectivity index (χ3v) is 5.79. The van der Waals surface area contributed by atoms with Crippen molar-refractivity contribution in [1.29, 1.82) is 0 Å². The van der Waals surface area contributed by atoms with Gasteiger partial charge in [0.05, 0.1) is 30.3 Å². The summed E-state index contributed by atoms with van der Waals surface area (Å²) in [7, 11) is 5.12. The van der Waals surface area contributed by atoms with Crippen LogP contribution in [0.5, 0.6) is 11.6 Å². The highest BCUT2D eigenvalue weighted by molar-refractivity contribution is 5.97. The highest BCUT2D eigenvalue weighted by Crippen LogP contribution is 2.35. The van der Waals surface area contributed by atoms with E-state index in [1.807, 2.05) is 25.2 Å². The lowest BCUT2D eigenvalue weighted by atomic mass is 10.0. The first-order valence-electron chi connectivity index (χ1n) is 10.9. The minimum Gasteiger partial charge on any atom is -0.507 e. The molecular weight excluding hydrogens is 446 g/mol. The van der Waals surface area contributed by atoms with E-state index in [9.17, 15) is 9.90 Å². The summed E-state index contributed by atoms with van der Waals surface area (Å²) in [6.45, 7) is 0.333. The maximum atomic E-state index is 13.0. The van der Waals surface area contributed by atoms with Crippen LogP contribution in [0.4, 0.5) is 0 Å². The molecule has 10 heteroatoms. The number of methoxy groups -OCH3 is 1. The van der Waals surface area contributed by atoms with E-state index in [1.54, 1.807) is 66.5 Å². The van der Waals surface area contributed by atoms with Crippen LogP contribution in [0, 0.1) is 0 Å². The van der Waals surface area contributed by atoms with Crippen molar-refractivity contribution in [2.24, 2.45) is 7.05 Å². The van der Waals surface area contributed by atoms with E-state index in [1.165, 1.54) is 0 Å². The number of aromatic nitrogens is 6. The van der Waals surface area contributed by atoms with Gasteiger partial charge in [-0.2, -0.15) is 0 Å². The van der Waals surface area contributed by atoms with Gasteiger partial charge >= 0.3 is 0 Å². The van der Waals surface area contributed by atoms with Gasteiger partial charge in [0, 0.05) is 31.4 Å². The Kier molecular flexibility index (Phi) is 5.61. The number of carbonyl (C=O) groups is 1. The number of aryl methyl sites for hydroxylation is 1. The van der Waals surface area contributed by atoms with Crippen molar-refractivity contribution in [3.63, 3.8) is 0 Å². The molecule has 0 saturated carbocycles. The fourth-order valence-electron chi connectivity index (χ4n) is 3.89. The predicted molar refractivity (Wildman–Crippen MR) is 130 cm³/mol. The molecule has 0 radical (unpaired) electrons. The zero-order chi connectivity index (χ0) is 24.5. The Morgan fingerprint density at radius 1 is 1.17 bits per heavy atom. The number of hydrogen-bond acceptors (Lipinski definition) is 7. The highest BCUT2D eigenvalue weighted by atomic mass is 16.5. The van der Waals surface area contributed by atoms with Crippen molar-refractivity contribution in [3.05, 3.63) is 72.4 Å². The van der Waals surface area contributed by atoms with Gasteiger partial charge in [-0.05, 0) is 48.0 Å². The van der Waals surface area contributed by atoms with Gasteiger partial charge in [-0.15, -0.1) is 10.2 Å². The fraction of sp³-hybridized carbons (Fsp3) is 0.160. The first kappa shape index (κ1) is 22.1. The van der Waals surface area contributed by atoms with E-state index in [4.69, 9.17) is 4.74 Å². The number of fused-ring (bicyclic) bond motifs is 1. The maximum absolute atomic E-state index is 13.0. The number of hydrogen-bond donors (Lipinski definition) is 2. The minimum atomic E-state index is -0.153. The van der Waals surface area contributed by atoms with Crippen molar-refractivity contribution in [2.75, 3.05) is 14.2 Å². The minimum absolute atomic E-state index is 0.0790. The number of nitrogens with one attached hydrogen (secondary N) is 1. The number of phenolic OH excluding ortho intramolecular Hbond substituents is 1. The zero-order valence-corrected chi connectivity index (χ0v) is 19.4. The lowest BCUT2D eigenvalue weighted by Crippen LogP contribution is -2.27. The standard InChI is InChI=1S/C25H23N7O3/c1-31(13-22-30-27-14-32(22)2)25(34)16-6-8-19-20(12-16)29-23(28-19)18-11-15(7-9-21(18)33)17-5-4-10-26-24(17)35-3/h4-12,14,33H,13H2,1-3H3,(H,28,29). The van der Waals surface area contributed by atoms with Gasteiger partial charge in [0.25, 0.3) is 5.91 Å². The van der Waals surface area contributed by atoms with Gasteiger partial charge in [-0.25, -0.2) is 9.97 Å². The molecule has 35 heavy (non-hydrogen) atoms. The fourth-order valence-corrected chi connectivity index (χ4v) is 3.89. The number of phenols is 1. The topological polar surface area (TPSA) is 122 Å². The van der Waals surface area contributed by atoms with Crippen LogP contribution in [-0.2, 0) is 13.6 Å². The first-order valence-corrected chi connectivity index (χ1v) is 10.9. The molecule has 0 saturated heterocycles. The maximum Gasteiger partial charge on any atom is 0.254 e. The summed E-state index contributed by atoms with van der Waals surface area (Å²) in [5.41, 5.74) is 4.01. The van der Waals surface area contributed by atoms with Gasteiger partial charge < -0.3 is 24.3 Å². The Balaban J connectivity index is 1.47. The van der Waals surface area contributed by atoms with Gasteiger partial charge in [0.2, 0.25) is 5.88 Å². The molecule has 0 spiro atoms. The van der Waals surface area contributed by atoms with E-state index in [-0.39, 0.29) is 11.7 Å². The van der Waals surface area contributed by atoms with Crippen LogP contribution in [-0.4, -0.2) is 59.8 Å². The number of rotatable bonds is 6. The second-order valence-electron chi connectivity index (χ2n) is 8.13. The number of pyridine rings is 1. The Morgan fingerprint density at radius 3 is 2.80 bits per heavy atom. The van der Waals surface area contributed by atoms with Crippen molar-refractivity contribution in [2.45, 2.75) is 6.54 Å². The number of carbonyl (C=O) groups excluding carboxylic acids is 1. The molecule has 0 bridgehead atoms. The van der Waals surface area contributed by atoms with Crippen LogP contribution in [0.15, 0.2) is 61.1 Å². The summed E-state index contributed by atoms with van der Waals surface area (Å²) < 4.78 is 7.15. The van der Waals surface area contributed by atoms with Gasteiger partial charge in [0.1, 0.15) is 17.9 Å². The molecule has 0 atom stereocenters. The van der Waals surface area contributed by atoms with Gasteiger partial charge in [0.15, 0.2) is 5.82 Å². The number of aromatic hydroxyl groups is 1. The van der Waals surface area contributed by atoms with E-state index >= 15 is 0 Å². The molecule has 1 amide bonds. The van der Waals surface area contributed by atoms with Crippen LogP contribution in [0.1, 0.15) is 16.2 Å². The molecule has 3 aromatic heterocycles. The second kappa shape index (κ2) is 8.90. The molecule has 3 heterocycles. The Bertz CT molecular complexity index is 1540. The molecular formula is C25H23N7O3. The zero-order valence-electron chi connectivity index (χ0n) is 19.4. The normalized spacial score (nSPS) is 11.1. The molecule has 10 nitrogen and oxygen atoms in total. The summed E-state index contributed by atoms with van der Waals surface area (Å²) in [6.07, 6.45) is 3.26. The molecule has 2 N–H and O–H groups in total. The monoisotopic (exact) mass is 469 g/mol. The average Bonchev–Trinajstić information content (AvgIpc) is 3.49. The summed E-state index contributed by atoms with van der Waals surface area (Å²) in [5.74, 6) is 1.59. The Hall–Kier alpha value is -4.73. The van der Waals surface area contributed by atoms with Crippen molar-refractivity contribution < 1.29 is 14.6 Å². The van der Waals surface area contributed by atoms with Crippen molar-refractivity contribution in [1.82, 2.24) is 34.6 Å². The van der Waals surface area contributed by atoms with E-state index in [2.05, 4.69) is 25.1 Å². The third kappa shape index (κ3) is 4.17. The molecule has 0 aliphatic heterocycles. The summed E-state index contributed by atoms with van der Waals surface area (Å²) in [4.78, 5) is 26.7. The van der Waals surface area contributed by atoms with E-state index in [0.29, 0.717) is 46.2 Å². The van der Waals surface area contributed by atoms with Crippen LogP contribution < -0.4 is 4.74 Å². The van der Waals surface area contributed by atoms with Crippen LogP contribution in [0.25, 0.3) is 33.5 Å². The smallest absolute Gasteiger partial charge is 0.254 e. The number of imidazole rings is 1. The van der Waals surface area contributed by atoms with E-state index in [0.717, 1.165) is 11.1 Å². The molecule has 0 aliphatic rings. The number of aromatic amines is 1. The number of ether oxygens (including phenoxy) is 1. The van der Waals surface area contributed by atoms with Gasteiger partial charge in [-0.1, -0.05) is 6.07 Å². The van der Waals surface area contributed by atoms with Crippen LogP contribution in [0.3, 0.4) is 0 Å². The molecule has 0 fully saturated rings. The first-order chi connectivity index (χ1) is 16.9. The molecule has 5 aromatic rings. The van der Waals surface area contributed by atoms with Crippen molar-refractivity contribution in [3.8, 4) is 34.1 Å². The Labute approximate surface area is 200 Å². The van der Waals surface area contributed by atoms with Crippen LogP contribution >= 0.6 is 0 Å². The number of nitrogens with zero attached hydrogens (tertiary/aromatic N) is 6. The predicted octanol–water partition coefficient (Wildman–Crippen LogP) is 3.41. The van der Waals surface area contributed by atoms with Crippen LogP contribution in [0.2, 0.25) is 0 Å². The summed E-state index contributed by atoms with van der Waals surface area (Å²) in [6, 6.07) is 14.2. The lowest BCUT2D eigenvalue weighted by molar-refractivity contribution is 0.0780. The molecule has 0 aliphatic carbocycles. The average molecular weight is 470 g/mol. The number of H-pyrrole nitrogens is 1. The Morgan fingerprint density at radius 2 is 2.03 bits per heavy atom. The van der Waals surface area contributed by atoms with E-state index < -0.39 is 0 Å². The molecule has 2 aromatic carbocycles. The highest BCUT2D eigenvalue weighted by Gasteiger charge is 2.17. The number of benzene rings is 2. The molecule has 5 rings (SSSR count). The van der Waals surface area contributed by atoms with Crippen molar-refractivity contribution >= 4 is 16.9 Å². The largest absolute Gasteiger partial charge is 0.507 e. The molecule has 0 unspecified atom stereocenters. The van der Waals surface area contributed by atoms with Gasteiger partial charge in [-0.3, -0.25) is 4.79 Å². The summed E-state index contributed by atoms with van der Waals surface area (Å²) in [5, 5.41) is 18.5. The second-order valence-corrected chi connectivity index (χ2v) is 8.13.